The van der Waals surface area contributed by atoms with Crippen molar-refractivity contribution in [3.8, 4) is 16.8 Å². The van der Waals surface area contributed by atoms with Gasteiger partial charge in [-0.15, -0.1) is 22.7 Å². The Morgan fingerprint density at radius 3 is 1.95 bits per heavy atom. The van der Waals surface area contributed by atoms with Crippen molar-refractivity contribution in [3.05, 3.63) is 199 Å². The average molecular weight is 767 g/mol. The molecule has 4 heterocycles. The summed E-state index contributed by atoms with van der Waals surface area (Å²) in [6.45, 7) is 0. The first-order chi connectivity index (χ1) is 28.2. The number of para-hydroxylation sites is 2. The van der Waals surface area contributed by atoms with E-state index in [1.165, 1.54) is 84.5 Å². The van der Waals surface area contributed by atoms with Crippen LogP contribution in [0.15, 0.2) is 187 Å². The molecule has 1 aliphatic heterocycles. The molecule has 3 aromatic heterocycles. The highest BCUT2D eigenvalue weighted by molar-refractivity contribution is 7.26. The van der Waals surface area contributed by atoms with E-state index in [9.17, 15) is 0 Å². The van der Waals surface area contributed by atoms with Crippen LogP contribution >= 0.6 is 22.7 Å². The second kappa shape index (κ2) is 13.0. The van der Waals surface area contributed by atoms with Gasteiger partial charge < -0.3 is 9.88 Å². The van der Waals surface area contributed by atoms with Crippen LogP contribution in [-0.2, 0) is 0 Å². The summed E-state index contributed by atoms with van der Waals surface area (Å²) in [7, 11) is 0. The van der Waals surface area contributed by atoms with Gasteiger partial charge in [-0.2, -0.15) is 0 Å². The maximum absolute atomic E-state index is 5.23. The molecule has 0 saturated carbocycles. The van der Waals surface area contributed by atoms with Gasteiger partial charge in [0, 0.05) is 56.7 Å². The number of rotatable bonds is 5. The van der Waals surface area contributed by atoms with Crippen molar-refractivity contribution in [1.29, 1.82) is 0 Å². The second-order valence-electron chi connectivity index (χ2n) is 14.8. The zero-order valence-electron chi connectivity index (χ0n) is 30.7. The lowest BCUT2D eigenvalue weighted by Gasteiger charge is -2.32. The van der Waals surface area contributed by atoms with Crippen molar-refractivity contribution < 1.29 is 0 Å². The molecule has 11 aromatic rings. The van der Waals surface area contributed by atoms with E-state index in [4.69, 9.17) is 4.99 Å². The molecule has 57 heavy (non-hydrogen) atoms. The molecule has 0 bridgehead atoms. The van der Waals surface area contributed by atoms with Crippen LogP contribution in [0.25, 0.3) is 79.0 Å². The first kappa shape index (κ1) is 32.7. The van der Waals surface area contributed by atoms with Crippen LogP contribution in [-0.4, -0.2) is 10.4 Å². The van der Waals surface area contributed by atoms with Crippen LogP contribution in [0.4, 0.5) is 0 Å². The molecule has 0 radical (unpaired) electrons. The summed E-state index contributed by atoms with van der Waals surface area (Å²) in [5.41, 5.74) is 9.60. The Bertz CT molecular complexity index is 3320. The molecule has 4 nitrogen and oxygen atoms in total. The van der Waals surface area contributed by atoms with Gasteiger partial charge in [-0.25, -0.2) is 4.99 Å². The Morgan fingerprint density at radius 2 is 1.16 bits per heavy atom. The smallest absolute Gasteiger partial charge is 0.131 e. The number of amidine groups is 1. The summed E-state index contributed by atoms with van der Waals surface area (Å²) in [6, 6.07) is 66.0. The molecule has 0 saturated heterocycles. The Kier molecular flexibility index (Phi) is 7.45. The summed E-state index contributed by atoms with van der Waals surface area (Å²) < 4.78 is 7.63. The van der Waals surface area contributed by atoms with Crippen LogP contribution in [0.3, 0.4) is 0 Å². The third kappa shape index (κ3) is 5.26. The van der Waals surface area contributed by atoms with Crippen molar-refractivity contribution in [2.75, 3.05) is 0 Å². The summed E-state index contributed by atoms with van der Waals surface area (Å²) >= 11 is 3.76. The number of thiophene rings is 2. The van der Waals surface area contributed by atoms with Gasteiger partial charge in [-0.1, -0.05) is 133 Å². The van der Waals surface area contributed by atoms with E-state index in [-0.39, 0.29) is 12.3 Å². The molecule has 2 unspecified atom stereocenters. The topological polar surface area (TPSA) is 41.4 Å². The Balaban J connectivity index is 0.963. The van der Waals surface area contributed by atoms with Gasteiger partial charge in [-0.05, 0) is 70.8 Å². The first-order valence-electron chi connectivity index (χ1n) is 19.4. The molecule has 1 aliphatic rings. The Morgan fingerprint density at radius 1 is 0.474 bits per heavy atom. The number of benzene rings is 8. The fourth-order valence-electron chi connectivity index (χ4n) is 8.85. The SMILES string of the molecule is c1ccc(C2N=C(c3ccc4sc5c(-c6ccc7c(c6)sc6cccc(-n8c9ccccc9c9ccccc98)c67)cccc5c4c3)NC(c3ccccc3)N2)cc1. The lowest BCUT2D eigenvalue weighted by atomic mass is 10.0. The van der Waals surface area contributed by atoms with Crippen molar-refractivity contribution in [3.63, 3.8) is 0 Å². The zero-order chi connectivity index (χ0) is 37.5. The summed E-state index contributed by atoms with van der Waals surface area (Å²) in [6.07, 6.45) is -0.247. The number of nitrogens with one attached hydrogen (secondary N) is 2. The van der Waals surface area contributed by atoms with E-state index in [1.54, 1.807) is 0 Å². The van der Waals surface area contributed by atoms with E-state index in [0.29, 0.717) is 0 Å². The van der Waals surface area contributed by atoms with Gasteiger partial charge in [0.2, 0.25) is 0 Å². The lowest BCUT2D eigenvalue weighted by Crippen LogP contribution is -2.44. The maximum atomic E-state index is 5.23. The van der Waals surface area contributed by atoms with Crippen LogP contribution in [0, 0.1) is 0 Å². The molecule has 2 atom stereocenters. The quantitative estimate of drug-likeness (QED) is 0.183. The van der Waals surface area contributed by atoms with Crippen LogP contribution in [0.2, 0.25) is 0 Å². The summed E-state index contributed by atoms with van der Waals surface area (Å²) in [5, 5.41) is 15.1. The van der Waals surface area contributed by atoms with E-state index in [2.05, 4.69) is 197 Å². The molecule has 8 aromatic carbocycles. The maximum Gasteiger partial charge on any atom is 0.131 e. The highest BCUT2D eigenvalue weighted by atomic mass is 32.1. The lowest BCUT2D eigenvalue weighted by molar-refractivity contribution is 0.409. The Hall–Kier alpha value is -6.57. The minimum absolute atomic E-state index is 0.0766. The largest absolute Gasteiger partial charge is 0.350 e. The highest BCUT2D eigenvalue weighted by Crippen LogP contribution is 2.45. The van der Waals surface area contributed by atoms with Crippen LogP contribution < -0.4 is 10.6 Å². The molecule has 12 rings (SSSR count). The molecular weight excluding hydrogens is 733 g/mol. The van der Waals surface area contributed by atoms with Crippen LogP contribution in [0.1, 0.15) is 29.0 Å². The second-order valence-corrected chi connectivity index (χ2v) is 16.9. The molecule has 0 aliphatic carbocycles. The molecule has 0 amide bonds. The zero-order valence-corrected chi connectivity index (χ0v) is 32.3. The Labute approximate surface area is 337 Å². The standard InChI is InChI=1S/C51H34N4S2/c1-3-13-31(14-4-1)49-52-50(32-15-5-2-6-16-32)54-51(53-49)34-26-28-44-40(29-34)38-20-11-19-35(48(38)57-44)33-25-27-39-46(30-33)56-45-24-12-23-43(47(39)45)55-41-21-9-7-17-36(41)37-18-8-10-22-42(37)55/h1-30,49-50,52H,(H,53,54). The predicted octanol–water partition coefficient (Wildman–Crippen LogP) is 13.5. The molecule has 0 spiro atoms. The van der Waals surface area contributed by atoms with Gasteiger partial charge in [-0.3, -0.25) is 5.32 Å². The number of aliphatic imine (C=N–C) groups is 1. The third-order valence-corrected chi connectivity index (χ3v) is 13.8. The number of nitrogens with zero attached hydrogens (tertiary/aromatic N) is 2. The fourth-order valence-corrected chi connectivity index (χ4v) is 11.2. The van der Waals surface area contributed by atoms with E-state index >= 15 is 0 Å². The van der Waals surface area contributed by atoms with Gasteiger partial charge in [0.05, 0.1) is 16.7 Å². The van der Waals surface area contributed by atoms with Gasteiger partial charge in [0.15, 0.2) is 0 Å². The molecule has 2 N–H and O–H groups in total. The number of aromatic nitrogens is 1. The van der Waals surface area contributed by atoms with Crippen molar-refractivity contribution >= 4 is 90.7 Å². The first-order valence-corrected chi connectivity index (χ1v) is 21.0. The molecule has 6 heteroatoms. The summed E-state index contributed by atoms with van der Waals surface area (Å²) in [4.78, 5) is 5.23. The van der Waals surface area contributed by atoms with Crippen molar-refractivity contribution in [2.45, 2.75) is 12.3 Å². The minimum atomic E-state index is -0.170. The van der Waals surface area contributed by atoms with Crippen LogP contribution in [0.5, 0.6) is 0 Å². The molecule has 0 fully saturated rings. The third-order valence-electron chi connectivity index (χ3n) is 11.5. The predicted molar refractivity (Wildman–Crippen MR) is 243 cm³/mol. The van der Waals surface area contributed by atoms with Gasteiger partial charge in [0.25, 0.3) is 0 Å². The van der Waals surface area contributed by atoms with Crippen molar-refractivity contribution in [1.82, 2.24) is 15.2 Å². The normalized spacial score (nSPS) is 15.9. The average Bonchev–Trinajstić information content (AvgIpc) is 3.96. The summed E-state index contributed by atoms with van der Waals surface area (Å²) in [5.74, 6) is 0.893. The number of hydrogen-bond acceptors (Lipinski definition) is 5. The van der Waals surface area contributed by atoms with Crippen molar-refractivity contribution in [2.24, 2.45) is 4.99 Å². The fraction of sp³-hybridized carbons (Fsp3) is 0.0392. The monoisotopic (exact) mass is 766 g/mol. The molecular formula is C51H34N4S2. The van der Waals surface area contributed by atoms with Gasteiger partial charge in [0.1, 0.15) is 18.2 Å². The highest BCUT2D eigenvalue weighted by Gasteiger charge is 2.26. The molecule has 270 valence electrons. The minimum Gasteiger partial charge on any atom is -0.350 e. The number of fused-ring (bicyclic) bond motifs is 9. The number of hydrogen-bond donors (Lipinski definition) is 2. The van der Waals surface area contributed by atoms with E-state index < -0.39 is 0 Å². The van der Waals surface area contributed by atoms with E-state index in [0.717, 1.165) is 17.0 Å². The van der Waals surface area contributed by atoms with E-state index in [1.807, 2.05) is 22.7 Å². The van der Waals surface area contributed by atoms with Gasteiger partial charge >= 0.3 is 0 Å².